The summed E-state index contributed by atoms with van der Waals surface area (Å²) in [7, 11) is -0.629. The van der Waals surface area contributed by atoms with Crippen LogP contribution in [0.2, 0.25) is 0 Å². The quantitative estimate of drug-likeness (QED) is 0.310. The first-order valence-electron chi connectivity index (χ1n) is 15.7. The maximum atomic E-state index is 13.9. The van der Waals surface area contributed by atoms with Crippen LogP contribution in [0.5, 0.6) is 0 Å². The Hall–Kier alpha value is -3.20. The third-order valence-corrected chi connectivity index (χ3v) is 10.6. The van der Waals surface area contributed by atoms with Gasteiger partial charge in [-0.1, -0.05) is 100 Å². The van der Waals surface area contributed by atoms with Crippen LogP contribution in [0, 0.1) is 23.2 Å². The molecule has 3 aliphatic carbocycles. The van der Waals surface area contributed by atoms with Crippen molar-refractivity contribution in [2.45, 2.75) is 83.6 Å². The van der Waals surface area contributed by atoms with Gasteiger partial charge in [-0.15, -0.1) is 0 Å². The van der Waals surface area contributed by atoms with E-state index in [-0.39, 0.29) is 29.3 Å². The molecular formula is C35H44BN3O4. The molecule has 7 atom stereocenters. The fourth-order valence-electron chi connectivity index (χ4n) is 7.76. The van der Waals surface area contributed by atoms with Gasteiger partial charge >= 0.3 is 7.12 Å². The molecule has 3 aromatic carbocycles. The van der Waals surface area contributed by atoms with E-state index < -0.39 is 30.7 Å². The summed E-state index contributed by atoms with van der Waals surface area (Å²) >= 11 is 0. The average molecular weight is 582 g/mol. The zero-order valence-electron chi connectivity index (χ0n) is 25.9. The lowest BCUT2D eigenvalue weighted by atomic mass is 9.43. The Morgan fingerprint density at radius 3 is 2.33 bits per heavy atom. The highest BCUT2D eigenvalue weighted by molar-refractivity contribution is 6.47. The number of nitrogens with two attached hydrogens (primary N) is 1. The van der Waals surface area contributed by atoms with Crippen molar-refractivity contribution in [3.05, 3.63) is 83.9 Å². The Labute approximate surface area is 255 Å². The van der Waals surface area contributed by atoms with Gasteiger partial charge in [0.2, 0.25) is 11.8 Å². The summed E-state index contributed by atoms with van der Waals surface area (Å²) in [6, 6.07) is 22.4. The van der Waals surface area contributed by atoms with E-state index >= 15 is 0 Å². The highest BCUT2D eigenvalue weighted by atomic mass is 16.7. The molecule has 1 aliphatic heterocycles. The number of fused-ring (bicyclic) bond motifs is 1. The second-order valence-electron chi connectivity index (χ2n) is 14.0. The van der Waals surface area contributed by atoms with Gasteiger partial charge in [-0.2, -0.15) is 0 Å². The Balaban J connectivity index is 1.16. The Kier molecular flexibility index (Phi) is 7.90. The van der Waals surface area contributed by atoms with E-state index in [1.165, 1.54) is 0 Å². The highest BCUT2D eigenvalue weighted by Gasteiger charge is 2.68. The second-order valence-corrected chi connectivity index (χ2v) is 14.0. The largest absolute Gasteiger partial charge is 0.486 e. The van der Waals surface area contributed by atoms with Gasteiger partial charge in [0, 0.05) is 0 Å². The molecule has 0 aromatic heterocycles. The number of amides is 2. The third-order valence-electron chi connectivity index (χ3n) is 10.6. The number of carbonyl (C=O) groups is 2. The van der Waals surface area contributed by atoms with E-state index in [1.54, 1.807) is 0 Å². The van der Waals surface area contributed by atoms with Crippen molar-refractivity contribution in [1.29, 1.82) is 0 Å². The second kappa shape index (κ2) is 11.4. The first kappa shape index (κ1) is 29.9. The van der Waals surface area contributed by atoms with E-state index in [0.717, 1.165) is 34.7 Å². The van der Waals surface area contributed by atoms with Gasteiger partial charge in [-0.05, 0) is 71.3 Å². The van der Waals surface area contributed by atoms with Crippen LogP contribution in [0.1, 0.15) is 64.5 Å². The minimum atomic E-state index is -0.792. The SMILES string of the molecule is CC(C)[C@H](NC(=O)[C@H](N)Cc1ccc2ccccc2c1)C(=O)N[C@H](B1O[C@@H]2C[C@@H]3C[C@@H](C3(C)C)[C@]2(C)O1)c1ccccc1. The minimum Gasteiger partial charge on any atom is -0.404 e. The molecule has 7 rings (SSSR count). The van der Waals surface area contributed by atoms with Gasteiger partial charge in [0.15, 0.2) is 0 Å². The van der Waals surface area contributed by atoms with E-state index in [1.807, 2.05) is 74.5 Å². The summed E-state index contributed by atoms with van der Waals surface area (Å²) in [6.45, 7) is 10.7. The summed E-state index contributed by atoms with van der Waals surface area (Å²) in [5.74, 6) is -0.290. The van der Waals surface area contributed by atoms with Crippen LogP contribution in [-0.2, 0) is 25.3 Å². The molecule has 2 amide bonds. The molecule has 0 unspecified atom stereocenters. The fourth-order valence-corrected chi connectivity index (χ4v) is 7.76. The lowest BCUT2D eigenvalue weighted by molar-refractivity contribution is -0.199. The van der Waals surface area contributed by atoms with Gasteiger partial charge in [0.25, 0.3) is 0 Å². The summed E-state index contributed by atoms with van der Waals surface area (Å²) in [5, 5.41) is 8.39. The molecular weight excluding hydrogens is 537 g/mol. The molecule has 1 heterocycles. The summed E-state index contributed by atoms with van der Waals surface area (Å²) < 4.78 is 13.4. The van der Waals surface area contributed by atoms with Crippen LogP contribution >= 0.6 is 0 Å². The standard InChI is InChI=1S/C35H44BN3O4/c1-21(2)30(38-32(40)27(37)18-22-15-16-23-11-9-10-14-25(23)17-22)33(41)39-31(24-12-7-6-8-13-24)36-42-29-20-26-19-28(34(26,3)4)35(29,5)43-36/h6-17,21,26-31H,18-20,37H2,1-5H3,(H,38,40)(H,39,41)/t26-,27+,28-,29+,30-,31-,35-/m0/s1. The minimum absolute atomic E-state index is 0.00825. The van der Waals surface area contributed by atoms with Crippen molar-refractivity contribution in [3.8, 4) is 0 Å². The molecule has 3 saturated carbocycles. The van der Waals surface area contributed by atoms with Crippen LogP contribution in [-0.4, -0.2) is 42.7 Å². The molecule has 43 heavy (non-hydrogen) atoms. The van der Waals surface area contributed by atoms with Gasteiger partial charge in [0.1, 0.15) is 6.04 Å². The van der Waals surface area contributed by atoms with Gasteiger partial charge < -0.3 is 25.7 Å². The molecule has 1 saturated heterocycles. The van der Waals surface area contributed by atoms with Gasteiger partial charge in [-0.3, -0.25) is 9.59 Å². The summed E-state index contributed by atoms with van der Waals surface area (Å²) in [6.07, 6.45) is 2.48. The maximum Gasteiger partial charge on any atom is 0.486 e. The molecule has 4 aliphatic rings. The van der Waals surface area contributed by atoms with Gasteiger partial charge in [0.05, 0.1) is 23.7 Å². The number of hydrogen-bond donors (Lipinski definition) is 3. The third kappa shape index (κ3) is 5.50. The molecule has 2 bridgehead atoms. The topological polar surface area (TPSA) is 103 Å². The average Bonchev–Trinajstić information content (AvgIpc) is 3.35. The predicted molar refractivity (Wildman–Crippen MR) is 170 cm³/mol. The smallest absolute Gasteiger partial charge is 0.404 e. The zero-order valence-corrected chi connectivity index (χ0v) is 25.9. The molecule has 7 nitrogen and oxygen atoms in total. The van der Waals surface area contributed by atoms with Gasteiger partial charge in [-0.25, -0.2) is 0 Å². The normalized spacial score (nSPS) is 27.6. The first-order valence-corrected chi connectivity index (χ1v) is 15.7. The van der Waals surface area contributed by atoms with E-state index in [2.05, 4.69) is 43.5 Å². The molecule has 4 N–H and O–H groups in total. The Morgan fingerprint density at radius 1 is 0.930 bits per heavy atom. The van der Waals surface area contributed by atoms with Crippen molar-refractivity contribution in [2.24, 2.45) is 28.9 Å². The van der Waals surface area contributed by atoms with Crippen molar-refractivity contribution >= 4 is 29.7 Å². The van der Waals surface area contributed by atoms with Crippen molar-refractivity contribution < 1.29 is 18.9 Å². The number of hydrogen-bond acceptors (Lipinski definition) is 5. The lowest BCUT2D eigenvalue weighted by Crippen LogP contribution is -2.65. The van der Waals surface area contributed by atoms with Crippen molar-refractivity contribution in [1.82, 2.24) is 10.6 Å². The van der Waals surface area contributed by atoms with Crippen LogP contribution in [0.4, 0.5) is 0 Å². The Morgan fingerprint density at radius 2 is 1.63 bits per heavy atom. The van der Waals surface area contributed by atoms with E-state index in [0.29, 0.717) is 18.3 Å². The molecule has 226 valence electrons. The molecule has 3 aromatic rings. The van der Waals surface area contributed by atoms with Crippen LogP contribution in [0.15, 0.2) is 72.8 Å². The zero-order chi connectivity index (χ0) is 30.5. The molecule has 4 fully saturated rings. The highest BCUT2D eigenvalue weighted by Crippen LogP contribution is 2.66. The molecule has 0 spiro atoms. The van der Waals surface area contributed by atoms with Crippen molar-refractivity contribution in [2.75, 3.05) is 0 Å². The number of benzene rings is 3. The molecule has 8 heteroatoms. The lowest BCUT2D eigenvalue weighted by Gasteiger charge is -2.64. The van der Waals surface area contributed by atoms with Crippen LogP contribution in [0.3, 0.4) is 0 Å². The fraction of sp³-hybridized carbons (Fsp3) is 0.486. The molecule has 0 radical (unpaired) electrons. The number of nitrogens with one attached hydrogen (secondary N) is 2. The van der Waals surface area contributed by atoms with Crippen LogP contribution in [0.25, 0.3) is 10.8 Å². The number of rotatable bonds is 9. The van der Waals surface area contributed by atoms with E-state index in [9.17, 15) is 9.59 Å². The van der Waals surface area contributed by atoms with Crippen molar-refractivity contribution in [3.63, 3.8) is 0 Å². The first-order chi connectivity index (χ1) is 20.5. The summed E-state index contributed by atoms with van der Waals surface area (Å²) in [5.41, 5.74) is 8.06. The Bertz CT molecular complexity index is 1500. The van der Waals surface area contributed by atoms with E-state index in [4.69, 9.17) is 15.0 Å². The maximum absolute atomic E-state index is 13.9. The van der Waals surface area contributed by atoms with Crippen LogP contribution < -0.4 is 16.4 Å². The monoisotopic (exact) mass is 581 g/mol. The summed E-state index contributed by atoms with van der Waals surface area (Å²) in [4.78, 5) is 27.2. The number of carbonyl (C=O) groups excluding carboxylic acids is 2. The predicted octanol–water partition coefficient (Wildman–Crippen LogP) is 4.98.